The van der Waals surface area contributed by atoms with Crippen LogP contribution in [-0.2, 0) is 31.5 Å². The van der Waals surface area contributed by atoms with E-state index in [2.05, 4.69) is 55.6 Å². The number of aromatic nitrogens is 4. The van der Waals surface area contributed by atoms with E-state index in [0.717, 1.165) is 45.6 Å². The van der Waals surface area contributed by atoms with Crippen molar-refractivity contribution in [1.82, 2.24) is 24.4 Å². The highest BCUT2D eigenvalue weighted by Gasteiger charge is 2.35. The van der Waals surface area contributed by atoms with Crippen LogP contribution in [0.15, 0.2) is 85.5 Å². The minimum absolute atomic E-state index is 0.0827. The Hall–Kier alpha value is -4.82. The van der Waals surface area contributed by atoms with Gasteiger partial charge in [0.25, 0.3) is 0 Å². The van der Waals surface area contributed by atoms with Crippen LogP contribution in [-0.4, -0.2) is 30.1 Å². The number of fused-ring (bicyclic) bond motifs is 3. The van der Waals surface area contributed by atoms with Crippen molar-refractivity contribution < 1.29 is 9.90 Å². The quantitative estimate of drug-likeness (QED) is 0.225. The number of nitrogens with zero attached hydrogens (tertiary/aromatic N) is 3. The van der Waals surface area contributed by atoms with Gasteiger partial charge in [-0.15, -0.1) is 0 Å². The maximum atomic E-state index is 13.2. The molecule has 0 aliphatic carbocycles. The monoisotopic (exact) mass is 516 g/mol. The number of aromatic hydroxyl groups is 1. The van der Waals surface area contributed by atoms with Gasteiger partial charge in [-0.1, -0.05) is 30.3 Å². The Labute approximate surface area is 224 Å². The average Bonchev–Trinajstić information content (AvgIpc) is 3.69. The molecule has 4 N–H and O–H groups in total. The lowest BCUT2D eigenvalue weighted by atomic mass is 9.90. The molecule has 3 aromatic heterocycles. The maximum absolute atomic E-state index is 13.2. The topological polar surface area (TPSA) is 99.9 Å². The maximum Gasteiger partial charge on any atom is 0.236 e. The number of H-pyrrole nitrogens is 1. The van der Waals surface area contributed by atoms with Crippen LogP contribution in [0.25, 0.3) is 21.8 Å². The fourth-order valence-corrected chi connectivity index (χ4v) is 5.76. The third-order valence-electron chi connectivity index (χ3n) is 7.54. The second-order valence-corrected chi connectivity index (χ2v) is 10.2. The molecule has 0 saturated carbocycles. The molecule has 0 saturated heterocycles. The first-order chi connectivity index (χ1) is 19.0. The molecule has 4 heterocycles. The van der Waals surface area contributed by atoms with Crippen LogP contribution in [0.1, 0.15) is 34.0 Å². The zero-order valence-electron chi connectivity index (χ0n) is 21.5. The molecule has 194 valence electrons. The SMILES string of the molecule is Cn1cnc(Cn2ccc3ccc(CNCc4[nH]c5ccccc5c4[C@H]4C(=O)Nc5ccc(O)cc54)cc32)c1. The number of hydrogen-bond donors (Lipinski definition) is 4. The van der Waals surface area contributed by atoms with E-state index in [4.69, 9.17) is 0 Å². The number of aromatic amines is 1. The largest absolute Gasteiger partial charge is 0.508 e. The predicted octanol–water partition coefficient (Wildman–Crippen LogP) is 4.98. The van der Waals surface area contributed by atoms with Crippen LogP contribution in [0, 0.1) is 0 Å². The number of nitrogens with one attached hydrogen (secondary N) is 3. The van der Waals surface area contributed by atoms with Gasteiger partial charge in [-0.25, -0.2) is 4.98 Å². The van der Waals surface area contributed by atoms with Gasteiger partial charge in [0, 0.05) is 60.3 Å². The van der Waals surface area contributed by atoms with Crippen molar-refractivity contribution in [2.24, 2.45) is 7.05 Å². The number of carbonyl (C=O) groups excluding carboxylic acids is 1. The van der Waals surface area contributed by atoms with Crippen LogP contribution in [0.2, 0.25) is 0 Å². The summed E-state index contributed by atoms with van der Waals surface area (Å²) >= 11 is 0. The molecule has 1 amide bonds. The normalized spacial score (nSPS) is 14.8. The van der Waals surface area contributed by atoms with E-state index in [0.29, 0.717) is 13.1 Å². The summed E-state index contributed by atoms with van der Waals surface area (Å²) in [5.74, 6) is -0.426. The van der Waals surface area contributed by atoms with Crippen molar-refractivity contribution in [3.63, 3.8) is 0 Å². The smallest absolute Gasteiger partial charge is 0.236 e. The van der Waals surface area contributed by atoms with Crippen molar-refractivity contribution in [2.75, 3.05) is 5.32 Å². The Morgan fingerprint density at radius 2 is 1.95 bits per heavy atom. The zero-order chi connectivity index (χ0) is 26.5. The lowest BCUT2D eigenvalue weighted by Crippen LogP contribution is -2.18. The van der Waals surface area contributed by atoms with Crippen LogP contribution < -0.4 is 10.6 Å². The Morgan fingerprint density at radius 3 is 2.82 bits per heavy atom. The molecule has 0 unspecified atom stereocenters. The second kappa shape index (κ2) is 9.18. The van der Waals surface area contributed by atoms with Crippen LogP contribution in [0.3, 0.4) is 0 Å². The van der Waals surface area contributed by atoms with Gasteiger partial charge in [0.1, 0.15) is 5.75 Å². The molecule has 39 heavy (non-hydrogen) atoms. The van der Waals surface area contributed by atoms with Gasteiger partial charge in [-0.05, 0) is 58.5 Å². The van der Waals surface area contributed by atoms with Crippen molar-refractivity contribution in [2.45, 2.75) is 25.6 Å². The van der Waals surface area contributed by atoms with E-state index in [1.807, 2.05) is 48.4 Å². The third kappa shape index (κ3) is 4.15. The Morgan fingerprint density at radius 1 is 1.05 bits per heavy atom. The van der Waals surface area contributed by atoms with Crippen molar-refractivity contribution in [3.8, 4) is 5.75 Å². The molecule has 0 fully saturated rings. The Bertz CT molecular complexity index is 1860. The molecule has 0 radical (unpaired) electrons. The predicted molar refractivity (Wildman–Crippen MR) is 152 cm³/mol. The van der Waals surface area contributed by atoms with Gasteiger partial charge < -0.3 is 29.9 Å². The zero-order valence-corrected chi connectivity index (χ0v) is 21.5. The molecule has 7 rings (SSSR count). The summed E-state index contributed by atoms with van der Waals surface area (Å²) in [6.07, 6.45) is 5.97. The van der Waals surface area contributed by atoms with Crippen molar-refractivity contribution in [1.29, 1.82) is 0 Å². The number of para-hydroxylation sites is 1. The van der Waals surface area contributed by atoms with E-state index >= 15 is 0 Å². The van der Waals surface area contributed by atoms with E-state index in [1.54, 1.807) is 18.2 Å². The van der Waals surface area contributed by atoms with Gasteiger partial charge in [0.15, 0.2) is 0 Å². The first-order valence-electron chi connectivity index (χ1n) is 13.0. The summed E-state index contributed by atoms with van der Waals surface area (Å²) in [4.78, 5) is 21.2. The first kappa shape index (κ1) is 23.3. The number of aryl methyl sites for hydroxylation is 1. The van der Waals surface area contributed by atoms with Gasteiger partial charge in [-0.3, -0.25) is 4.79 Å². The minimum Gasteiger partial charge on any atom is -0.508 e. The summed E-state index contributed by atoms with van der Waals surface area (Å²) in [6.45, 7) is 1.96. The molecule has 1 aliphatic heterocycles. The molecule has 1 atom stereocenters. The first-order valence-corrected chi connectivity index (χ1v) is 13.0. The number of rotatable bonds is 7. The molecule has 3 aromatic carbocycles. The average molecular weight is 517 g/mol. The standard InChI is InChI=1S/C31H28N6O2/c1-36-16-21(33-18-36)17-37-11-10-20-7-6-19(12-28(20)37)14-32-15-27-29(23-4-2-3-5-25(23)34-27)30-24-13-22(38)8-9-26(24)35-31(30)39/h2-13,16,18,30,32,34,38H,14-15,17H2,1H3,(H,35,39)/t30-/m0/s1. The number of anilines is 1. The number of imidazole rings is 1. The van der Waals surface area contributed by atoms with Gasteiger partial charge in [-0.2, -0.15) is 0 Å². The summed E-state index contributed by atoms with van der Waals surface area (Å²) in [7, 11) is 1.98. The van der Waals surface area contributed by atoms with E-state index in [-0.39, 0.29) is 11.7 Å². The number of amides is 1. The molecule has 8 nitrogen and oxygen atoms in total. The summed E-state index contributed by atoms with van der Waals surface area (Å²) in [6, 6.07) is 21.8. The van der Waals surface area contributed by atoms with E-state index < -0.39 is 5.92 Å². The highest BCUT2D eigenvalue weighted by atomic mass is 16.3. The third-order valence-corrected chi connectivity index (χ3v) is 7.54. The highest BCUT2D eigenvalue weighted by molar-refractivity contribution is 6.07. The Balaban J connectivity index is 1.16. The summed E-state index contributed by atoms with van der Waals surface area (Å²) < 4.78 is 4.19. The second-order valence-electron chi connectivity index (χ2n) is 10.2. The molecular weight excluding hydrogens is 488 g/mol. The highest BCUT2D eigenvalue weighted by Crippen LogP contribution is 2.42. The lowest BCUT2D eigenvalue weighted by molar-refractivity contribution is -0.116. The van der Waals surface area contributed by atoms with Crippen LogP contribution in [0.4, 0.5) is 5.69 Å². The van der Waals surface area contributed by atoms with E-state index in [9.17, 15) is 9.90 Å². The number of carbonyl (C=O) groups is 1. The molecular formula is C31H28N6O2. The van der Waals surface area contributed by atoms with Gasteiger partial charge in [0.05, 0.1) is 24.5 Å². The van der Waals surface area contributed by atoms with Gasteiger partial charge in [0.2, 0.25) is 5.91 Å². The molecule has 0 bridgehead atoms. The fraction of sp³-hybridized carbons (Fsp3) is 0.161. The molecule has 1 aliphatic rings. The molecule has 6 aromatic rings. The number of benzene rings is 3. The van der Waals surface area contributed by atoms with Crippen LogP contribution in [0.5, 0.6) is 5.75 Å². The molecule has 8 heteroatoms. The van der Waals surface area contributed by atoms with Crippen molar-refractivity contribution in [3.05, 3.63) is 114 Å². The lowest BCUT2D eigenvalue weighted by Gasteiger charge is -2.13. The van der Waals surface area contributed by atoms with Gasteiger partial charge >= 0.3 is 0 Å². The molecule has 0 spiro atoms. The van der Waals surface area contributed by atoms with Crippen LogP contribution >= 0.6 is 0 Å². The number of phenolic OH excluding ortho intramolecular Hbond substituents is 1. The summed E-state index contributed by atoms with van der Waals surface area (Å²) in [5, 5.41) is 18.9. The number of phenols is 1. The van der Waals surface area contributed by atoms with E-state index in [1.165, 1.54) is 16.5 Å². The summed E-state index contributed by atoms with van der Waals surface area (Å²) in [5.41, 5.74) is 7.81. The number of hydrogen-bond acceptors (Lipinski definition) is 4. The minimum atomic E-state index is -0.494. The fourth-order valence-electron chi connectivity index (χ4n) is 5.76. The Kier molecular flexibility index (Phi) is 5.49. The van der Waals surface area contributed by atoms with Crippen molar-refractivity contribution >= 4 is 33.4 Å².